The van der Waals surface area contributed by atoms with Gasteiger partial charge in [-0.1, -0.05) is 11.6 Å². The van der Waals surface area contributed by atoms with Gasteiger partial charge in [0.05, 0.1) is 12.6 Å². The number of ether oxygens (including phenoxy) is 2. The van der Waals surface area contributed by atoms with E-state index in [2.05, 4.69) is 10.2 Å². The third-order valence-corrected chi connectivity index (χ3v) is 3.94. The van der Waals surface area contributed by atoms with Crippen LogP contribution < -0.4 is 14.8 Å². The molecule has 0 radical (unpaired) electrons. The second kappa shape index (κ2) is 5.54. The van der Waals surface area contributed by atoms with E-state index in [1.54, 1.807) is 6.07 Å². The highest BCUT2D eigenvalue weighted by Crippen LogP contribution is 2.40. The van der Waals surface area contributed by atoms with Crippen LogP contribution in [0.3, 0.4) is 0 Å². The lowest BCUT2D eigenvalue weighted by molar-refractivity contribution is 0.110. The lowest BCUT2D eigenvalue weighted by Gasteiger charge is -2.34. The maximum Gasteiger partial charge on any atom is 0.231 e. The molecule has 104 valence electrons. The van der Waals surface area contributed by atoms with Crippen molar-refractivity contribution in [2.24, 2.45) is 0 Å². The van der Waals surface area contributed by atoms with Gasteiger partial charge in [0.2, 0.25) is 6.79 Å². The smallest absolute Gasteiger partial charge is 0.231 e. The lowest BCUT2D eigenvalue weighted by Crippen LogP contribution is -2.46. The molecule has 6 heteroatoms. The largest absolute Gasteiger partial charge is 0.454 e. The van der Waals surface area contributed by atoms with Crippen molar-refractivity contribution in [2.45, 2.75) is 6.04 Å². The van der Waals surface area contributed by atoms with E-state index < -0.39 is 0 Å². The number of halogens is 1. The van der Waals surface area contributed by atoms with E-state index in [-0.39, 0.29) is 19.4 Å². The van der Waals surface area contributed by atoms with Gasteiger partial charge in [0.15, 0.2) is 11.5 Å². The monoisotopic (exact) mass is 284 g/mol. The molecule has 1 aromatic rings. The molecule has 0 amide bonds. The molecule has 1 fully saturated rings. The first-order valence-corrected chi connectivity index (χ1v) is 6.82. The Morgan fingerprint density at radius 3 is 2.63 bits per heavy atom. The zero-order chi connectivity index (χ0) is 13.2. The van der Waals surface area contributed by atoms with Crippen LogP contribution >= 0.6 is 11.6 Å². The van der Waals surface area contributed by atoms with Crippen LogP contribution in [0, 0.1) is 0 Å². The van der Waals surface area contributed by atoms with Gasteiger partial charge in [-0.15, -0.1) is 0 Å². The molecule has 0 saturated carbocycles. The minimum Gasteiger partial charge on any atom is -0.454 e. The molecule has 0 unspecified atom stereocenters. The fraction of sp³-hybridized carbons (Fsp3) is 0.538. The summed E-state index contributed by atoms with van der Waals surface area (Å²) in [4.78, 5) is 2.24. The molecule has 2 aliphatic heterocycles. The van der Waals surface area contributed by atoms with Crippen molar-refractivity contribution < 1.29 is 14.6 Å². The summed E-state index contributed by atoms with van der Waals surface area (Å²) in [6.07, 6.45) is 0. The summed E-state index contributed by atoms with van der Waals surface area (Å²) in [5.41, 5.74) is 0.898. The summed E-state index contributed by atoms with van der Waals surface area (Å²) >= 11 is 6.31. The summed E-state index contributed by atoms with van der Waals surface area (Å²) in [5.74, 6) is 1.37. The zero-order valence-electron chi connectivity index (χ0n) is 10.6. The van der Waals surface area contributed by atoms with Gasteiger partial charge < -0.3 is 19.9 Å². The summed E-state index contributed by atoms with van der Waals surface area (Å²) in [5, 5.41) is 13.6. The van der Waals surface area contributed by atoms with Crippen molar-refractivity contribution in [3.05, 3.63) is 22.7 Å². The Hall–Kier alpha value is -1.01. The maximum absolute atomic E-state index is 9.71. The van der Waals surface area contributed by atoms with E-state index in [0.717, 1.165) is 31.7 Å². The van der Waals surface area contributed by atoms with Crippen LogP contribution in [0.2, 0.25) is 5.02 Å². The number of piperazine rings is 1. The summed E-state index contributed by atoms with van der Waals surface area (Å²) in [6, 6.07) is 3.56. The molecule has 3 rings (SSSR count). The molecule has 0 aliphatic carbocycles. The Morgan fingerprint density at radius 2 is 1.95 bits per heavy atom. The van der Waals surface area contributed by atoms with Crippen LogP contribution in [0.15, 0.2) is 12.1 Å². The van der Waals surface area contributed by atoms with Crippen LogP contribution in [0.25, 0.3) is 0 Å². The second-order valence-electron chi connectivity index (χ2n) is 4.71. The Balaban J connectivity index is 1.90. The molecule has 2 aliphatic rings. The Morgan fingerprint density at radius 1 is 1.26 bits per heavy atom. The molecular weight excluding hydrogens is 268 g/mol. The van der Waals surface area contributed by atoms with E-state index in [9.17, 15) is 5.11 Å². The van der Waals surface area contributed by atoms with Crippen LogP contribution in [0.4, 0.5) is 0 Å². The van der Waals surface area contributed by atoms with Crippen LogP contribution in [-0.2, 0) is 0 Å². The quantitative estimate of drug-likeness (QED) is 0.868. The number of fused-ring (bicyclic) bond motifs is 1. The van der Waals surface area contributed by atoms with E-state index in [1.165, 1.54) is 0 Å². The fourth-order valence-electron chi connectivity index (χ4n) is 2.59. The minimum absolute atomic E-state index is 0.0410. The summed E-state index contributed by atoms with van der Waals surface area (Å²) in [6.45, 7) is 3.93. The van der Waals surface area contributed by atoms with Gasteiger partial charge in [-0.2, -0.15) is 0 Å². The number of hydrogen-bond acceptors (Lipinski definition) is 5. The van der Waals surface area contributed by atoms with Gasteiger partial charge in [0.1, 0.15) is 0 Å². The number of aliphatic hydroxyl groups is 1. The van der Waals surface area contributed by atoms with Gasteiger partial charge >= 0.3 is 0 Å². The molecular formula is C13H17ClN2O3. The number of nitrogens with zero attached hydrogens (tertiary/aromatic N) is 1. The summed E-state index contributed by atoms with van der Waals surface area (Å²) < 4.78 is 10.7. The van der Waals surface area contributed by atoms with Gasteiger partial charge in [0, 0.05) is 37.3 Å². The zero-order valence-corrected chi connectivity index (χ0v) is 11.3. The van der Waals surface area contributed by atoms with Crippen molar-refractivity contribution in [3.8, 4) is 11.5 Å². The normalized spacial score (nSPS) is 20.5. The van der Waals surface area contributed by atoms with Gasteiger partial charge in [-0.05, 0) is 11.6 Å². The topological polar surface area (TPSA) is 54.0 Å². The van der Waals surface area contributed by atoms with E-state index >= 15 is 0 Å². The van der Waals surface area contributed by atoms with Crippen LogP contribution in [0.1, 0.15) is 11.6 Å². The first kappa shape index (κ1) is 13.0. The average molecular weight is 285 g/mol. The predicted molar refractivity (Wildman–Crippen MR) is 71.8 cm³/mol. The number of rotatable bonds is 3. The molecule has 1 atom stereocenters. The average Bonchev–Trinajstić information content (AvgIpc) is 2.88. The lowest BCUT2D eigenvalue weighted by atomic mass is 10.0. The summed E-state index contributed by atoms with van der Waals surface area (Å²) in [7, 11) is 0. The van der Waals surface area contributed by atoms with Gasteiger partial charge in [-0.25, -0.2) is 0 Å². The van der Waals surface area contributed by atoms with E-state index in [4.69, 9.17) is 21.1 Å². The van der Waals surface area contributed by atoms with Crippen LogP contribution in [-0.4, -0.2) is 49.6 Å². The van der Waals surface area contributed by atoms with Crippen molar-refractivity contribution in [1.82, 2.24) is 10.2 Å². The standard InChI is InChI=1S/C13H17ClN2O3/c14-10-6-13-12(18-8-19-13)5-9(10)11(7-17)16-3-1-15-2-4-16/h5-6,11,15,17H,1-4,7-8H2/t11-/m0/s1. The molecule has 5 nitrogen and oxygen atoms in total. The number of hydrogen-bond donors (Lipinski definition) is 2. The third-order valence-electron chi connectivity index (χ3n) is 3.62. The van der Waals surface area contributed by atoms with Crippen molar-refractivity contribution in [1.29, 1.82) is 0 Å². The SMILES string of the molecule is OC[C@@H](c1cc2c(cc1Cl)OCO2)N1CCNCC1. The molecule has 2 heterocycles. The molecule has 2 N–H and O–H groups in total. The van der Waals surface area contributed by atoms with Crippen molar-refractivity contribution in [2.75, 3.05) is 39.6 Å². The van der Waals surface area contributed by atoms with Crippen molar-refractivity contribution >= 4 is 11.6 Å². The Labute approximate surface area is 117 Å². The molecule has 0 spiro atoms. The van der Waals surface area contributed by atoms with Gasteiger partial charge in [0.25, 0.3) is 0 Å². The minimum atomic E-state index is -0.0934. The van der Waals surface area contributed by atoms with Gasteiger partial charge in [-0.3, -0.25) is 4.90 Å². The van der Waals surface area contributed by atoms with Crippen molar-refractivity contribution in [3.63, 3.8) is 0 Å². The van der Waals surface area contributed by atoms with Crippen LogP contribution in [0.5, 0.6) is 11.5 Å². The highest BCUT2D eigenvalue weighted by molar-refractivity contribution is 6.31. The molecule has 1 saturated heterocycles. The molecule has 19 heavy (non-hydrogen) atoms. The number of aliphatic hydroxyl groups excluding tert-OH is 1. The van der Waals surface area contributed by atoms with E-state index in [0.29, 0.717) is 16.5 Å². The number of benzene rings is 1. The highest BCUT2D eigenvalue weighted by Gasteiger charge is 2.26. The Bertz CT molecular complexity index is 463. The van der Waals surface area contributed by atoms with E-state index in [1.807, 2.05) is 6.07 Å². The molecule has 0 bridgehead atoms. The fourth-order valence-corrected chi connectivity index (χ4v) is 2.87. The first-order valence-electron chi connectivity index (χ1n) is 6.44. The predicted octanol–water partition coefficient (Wildman–Crippen LogP) is 1.01. The third kappa shape index (κ3) is 2.51. The highest BCUT2D eigenvalue weighted by atomic mass is 35.5. The second-order valence-corrected chi connectivity index (χ2v) is 5.12. The Kier molecular flexibility index (Phi) is 3.79. The maximum atomic E-state index is 9.71. The molecule has 1 aromatic carbocycles. The molecule has 0 aromatic heterocycles. The first-order chi connectivity index (χ1) is 9.29. The number of nitrogens with one attached hydrogen (secondary N) is 1.